The number of unbranched alkanes of at least 4 members (excludes halogenated alkanes) is 5. The van der Waals surface area contributed by atoms with Crippen LogP contribution < -0.4 is 5.32 Å². The Morgan fingerprint density at radius 3 is 1.94 bits per heavy atom. The van der Waals surface area contributed by atoms with Crippen LogP contribution in [0.1, 0.15) is 92.4 Å². The van der Waals surface area contributed by atoms with Crippen molar-refractivity contribution in [1.29, 1.82) is 0 Å². The van der Waals surface area contributed by atoms with Gasteiger partial charge in [-0.1, -0.05) is 65.2 Å². The van der Waals surface area contributed by atoms with E-state index in [4.69, 9.17) is 0 Å². The van der Waals surface area contributed by atoms with Gasteiger partial charge in [-0.3, -0.25) is 0 Å². The quantitative estimate of drug-likeness (QED) is 0.478. The summed E-state index contributed by atoms with van der Waals surface area (Å²) in [5, 5.41) is 3.56. The second kappa shape index (κ2) is 10.8. The van der Waals surface area contributed by atoms with Crippen molar-refractivity contribution in [2.24, 2.45) is 5.92 Å². The molecule has 0 saturated heterocycles. The maximum absolute atomic E-state index is 3.56. The van der Waals surface area contributed by atoms with Gasteiger partial charge in [-0.05, 0) is 39.7 Å². The third-order valence-corrected chi connectivity index (χ3v) is 3.58. The Labute approximate surface area is 116 Å². The second-order valence-electron chi connectivity index (χ2n) is 6.98. The largest absolute Gasteiger partial charge is 0.312 e. The van der Waals surface area contributed by atoms with E-state index in [-0.39, 0.29) is 5.54 Å². The Morgan fingerprint density at radius 1 is 0.833 bits per heavy atom. The molecule has 0 rings (SSSR count). The Morgan fingerprint density at radius 2 is 1.39 bits per heavy atom. The molecular formula is C17H37N. The average molecular weight is 255 g/mol. The molecule has 0 heterocycles. The Bertz CT molecular complexity index is 169. The van der Waals surface area contributed by atoms with Crippen LogP contribution >= 0.6 is 0 Å². The lowest BCUT2D eigenvalue weighted by Gasteiger charge is -2.20. The normalized spacial score (nSPS) is 13.8. The zero-order valence-electron chi connectivity index (χ0n) is 13.6. The van der Waals surface area contributed by atoms with Crippen molar-refractivity contribution in [1.82, 2.24) is 5.32 Å². The summed E-state index contributed by atoms with van der Waals surface area (Å²) < 4.78 is 0. The highest BCUT2D eigenvalue weighted by Gasteiger charge is 2.07. The zero-order chi connectivity index (χ0) is 13.9. The first kappa shape index (κ1) is 18.0. The van der Waals surface area contributed by atoms with Crippen LogP contribution in [0.5, 0.6) is 0 Å². The Kier molecular flexibility index (Phi) is 10.8. The van der Waals surface area contributed by atoms with Gasteiger partial charge < -0.3 is 5.32 Å². The fourth-order valence-electron chi connectivity index (χ4n) is 2.32. The summed E-state index contributed by atoms with van der Waals surface area (Å²) in [5.74, 6) is 0.948. The molecule has 1 unspecified atom stereocenters. The molecule has 1 heteroatoms. The molecule has 0 aliphatic rings. The van der Waals surface area contributed by atoms with E-state index in [0.717, 1.165) is 5.92 Å². The van der Waals surface area contributed by atoms with Crippen molar-refractivity contribution in [2.75, 3.05) is 6.54 Å². The molecule has 1 nitrogen and oxygen atoms in total. The third kappa shape index (κ3) is 14.0. The first-order valence-electron chi connectivity index (χ1n) is 8.20. The maximum Gasteiger partial charge on any atom is 0.00965 e. The molecular weight excluding hydrogens is 218 g/mol. The van der Waals surface area contributed by atoms with E-state index in [1.165, 1.54) is 64.3 Å². The SMILES string of the molecule is CCCCCC(C)CCCCCCNC(C)(C)C. The van der Waals surface area contributed by atoms with Crippen LogP contribution in [0.3, 0.4) is 0 Å². The Balaban J connectivity index is 3.20. The summed E-state index contributed by atoms with van der Waals surface area (Å²) in [6.45, 7) is 12.6. The number of hydrogen-bond donors (Lipinski definition) is 1. The molecule has 0 aromatic carbocycles. The zero-order valence-corrected chi connectivity index (χ0v) is 13.6. The highest BCUT2D eigenvalue weighted by Crippen LogP contribution is 2.16. The molecule has 0 radical (unpaired) electrons. The summed E-state index contributed by atoms with van der Waals surface area (Å²) >= 11 is 0. The van der Waals surface area contributed by atoms with Crippen molar-refractivity contribution in [3.05, 3.63) is 0 Å². The van der Waals surface area contributed by atoms with Crippen molar-refractivity contribution >= 4 is 0 Å². The van der Waals surface area contributed by atoms with Crippen LogP contribution in [-0.2, 0) is 0 Å². The molecule has 0 aromatic rings. The fourth-order valence-corrected chi connectivity index (χ4v) is 2.32. The van der Waals surface area contributed by atoms with Gasteiger partial charge in [-0.25, -0.2) is 0 Å². The summed E-state index contributed by atoms with van der Waals surface area (Å²) in [6, 6.07) is 0. The lowest BCUT2D eigenvalue weighted by atomic mass is 9.96. The van der Waals surface area contributed by atoms with Gasteiger partial charge in [0.2, 0.25) is 0 Å². The summed E-state index contributed by atoms with van der Waals surface area (Å²) in [7, 11) is 0. The van der Waals surface area contributed by atoms with Gasteiger partial charge >= 0.3 is 0 Å². The van der Waals surface area contributed by atoms with Crippen molar-refractivity contribution in [2.45, 2.75) is 97.9 Å². The summed E-state index contributed by atoms with van der Waals surface area (Å²) in [5.41, 5.74) is 0.286. The van der Waals surface area contributed by atoms with Crippen molar-refractivity contribution < 1.29 is 0 Å². The smallest absolute Gasteiger partial charge is 0.00965 e. The molecule has 0 amide bonds. The van der Waals surface area contributed by atoms with E-state index in [1.807, 2.05) is 0 Å². The molecule has 0 saturated carbocycles. The van der Waals surface area contributed by atoms with E-state index in [0.29, 0.717) is 0 Å². The molecule has 1 atom stereocenters. The van der Waals surface area contributed by atoms with Crippen LogP contribution in [0.15, 0.2) is 0 Å². The molecule has 0 fully saturated rings. The van der Waals surface area contributed by atoms with Gasteiger partial charge in [0.25, 0.3) is 0 Å². The van der Waals surface area contributed by atoms with Crippen LogP contribution in [0.4, 0.5) is 0 Å². The monoisotopic (exact) mass is 255 g/mol. The third-order valence-electron chi connectivity index (χ3n) is 3.58. The summed E-state index contributed by atoms with van der Waals surface area (Å²) in [4.78, 5) is 0. The first-order valence-corrected chi connectivity index (χ1v) is 8.20. The van der Waals surface area contributed by atoms with Gasteiger partial charge in [0.1, 0.15) is 0 Å². The minimum Gasteiger partial charge on any atom is -0.312 e. The first-order chi connectivity index (χ1) is 8.45. The van der Waals surface area contributed by atoms with Crippen LogP contribution in [0, 0.1) is 5.92 Å². The van der Waals surface area contributed by atoms with E-state index in [2.05, 4.69) is 39.9 Å². The van der Waals surface area contributed by atoms with Gasteiger partial charge in [0, 0.05) is 5.54 Å². The lowest BCUT2D eigenvalue weighted by molar-refractivity contribution is 0.407. The maximum atomic E-state index is 3.56. The molecule has 0 aliphatic carbocycles. The minimum atomic E-state index is 0.286. The molecule has 0 bridgehead atoms. The minimum absolute atomic E-state index is 0.286. The molecule has 0 aromatic heterocycles. The van der Waals surface area contributed by atoms with Crippen molar-refractivity contribution in [3.8, 4) is 0 Å². The van der Waals surface area contributed by atoms with E-state index in [9.17, 15) is 0 Å². The predicted molar refractivity (Wildman–Crippen MR) is 84.1 cm³/mol. The lowest BCUT2D eigenvalue weighted by Crippen LogP contribution is -2.36. The summed E-state index contributed by atoms with van der Waals surface area (Å²) in [6.07, 6.45) is 12.7. The molecule has 0 spiro atoms. The van der Waals surface area contributed by atoms with Gasteiger partial charge in [-0.2, -0.15) is 0 Å². The molecule has 0 aliphatic heterocycles. The standard InChI is InChI=1S/C17H37N/c1-6-7-10-13-16(2)14-11-8-9-12-15-18-17(3,4)5/h16,18H,6-15H2,1-5H3. The van der Waals surface area contributed by atoms with Gasteiger partial charge in [0.15, 0.2) is 0 Å². The molecule has 110 valence electrons. The average Bonchev–Trinajstić information content (AvgIpc) is 2.26. The fraction of sp³-hybridized carbons (Fsp3) is 1.00. The topological polar surface area (TPSA) is 12.0 Å². The second-order valence-corrected chi connectivity index (χ2v) is 6.98. The van der Waals surface area contributed by atoms with Gasteiger partial charge in [0.05, 0.1) is 0 Å². The predicted octanol–water partition coefficient (Wildman–Crippen LogP) is 5.54. The van der Waals surface area contributed by atoms with E-state index < -0.39 is 0 Å². The van der Waals surface area contributed by atoms with E-state index in [1.54, 1.807) is 0 Å². The highest BCUT2D eigenvalue weighted by atomic mass is 14.9. The molecule has 1 N–H and O–H groups in total. The van der Waals surface area contributed by atoms with Crippen LogP contribution in [0.25, 0.3) is 0 Å². The van der Waals surface area contributed by atoms with Gasteiger partial charge in [-0.15, -0.1) is 0 Å². The number of nitrogens with one attached hydrogen (secondary N) is 1. The Hall–Kier alpha value is -0.0400. The van der Waals surface area contributed by atoms with Crippen LogP contribution in [-0.4, -0.2) is 12.1 Å². The highest BCUT2D eigenvalue weighted by molar-refractivity contribution is 4.69. The number of hydrogen-bond acceptors (Lipinski definition) is 1. The van der Waals surface area contributed by atoms with Crippen LogP contribution in [0.2, 0.25) is 0 Å². The number of rotatable bonds is 11. The van der Waals surface area contributed by atoms with E-state index >= 15 is 0 Å². The van der Waals surface area contributed by atoms with Crippen molar-refractivity contribution in [3.63, 3.8) is 0 Å². The molecule has 18 heavy (non-hydrogen) atoms.